The number of likely N-dealkylation sites (tertiary alicyclic amines) is 1. The van der Waals surface area contributed by atoms with Gasteiger partial charge in [0.2, 0.25) is 0 Å². The second-order valence-corrected chi connectivity index (χ2v) is 6.34. The third kappa shape index (κ3) is 3.72. The van der Waals surface area contributed by atoms with Crippen molar-refractivity contribution in [2.45, 2.75) is 32.3 Å². The summed E-state index contributed by atoms with van der Waals surface area (Å²) in [6.45, 7) is 5.47. The zero-order chi connectivity index (χ0) is 16.5. The molecule has 1 fully saturated rings. The van der Waals surface area contributed by atoms with Crippen molar-refractivity contribution in [3.63, 3.8) is 0 Å². The Hall–Kier alpha value is -2.18. The van der Waals surface area contributed by atoms with Crippen LogP contribution in [-0.2, 0) is 9.53 Å². The highest BCUT2D eigenvalue weighted by Crippen LogP contribution is 2.32. The number of hydrogen-bond acceptors (Lipinski definition) is 4. The average Bonchev–Trinajstić information content (AvgIpc) is 2.83. The number of carboxylic acids is 1. The van der Waals surface area contributed by atoms with Crippen LogP contribution in [0.2, 0.25) is 0 Å². The Morgan fingerprint density at radius 1 is 1.36 bits per heavy atom. The maximum atomic E-state index is 13.0. The van der Waals surface area contributed by atoms with Crippen LogP contribution in [0, 0.1) is 11.7 Å². The zero-order valence-corrected chi connectivity index (χ0v) is 12.7. The second-order valence-electron chi connectivity index (χ2n) is 6.34. The quantitative estimate of drug-likeness (QED) is 0.906. The van der Waals surface area contributed by atoms with E-state index in [0.717, 1.165) is 6.20 Å². The molecule has 120 valence electrons. The number of rotatable bonds is 2. The van der Waals surface area contributed by atoms with Crippen molar-refractivity contribution in [1.29, 1.82) is 0 Å². The van der Waals surface area contributed by atoms with E-state index in [0.29, 0.717) is 5.69 Å². The summed E-state index contributed by atoms with van der Waals surface area (Å²) in [5.41, 5.74) is -0.193. The summed E-state index contributed by atoms with van der Waals surface area (Å²) >= 11 is 0. The fraction of sp³-hybridized carbons (Fsp3) is 0.533. The largest absolute Gasteiger partial charge is 0.481 e. The summed E-state index contributed by atoms with van der Waals surface area (Å²) in [5, 5.41) is 9.35. The number of ether oxygens (including phenoxy) is 1. The molecule has 1 amide bonds. The van der Waals surface area contributed by atoms with Gasteiger partial charge >= 0.3 is 12.1 Å². The van der Waals surface area contributed by atoms with E-state index in [1.165, 1.54) is 17.0 Å². The van der Waals surface area contributed by atoms with Crippen LogP contribution in [0.3, 0.4) is 0 Å². The van der Waals surface area contributed by atoms with Crippen LogP contribution in [0.1, 0.15) is 32.4 Å². The first-order valence-electron chi connectivity index (χ1n) is 6.99. The summed E-state index contributed by atoms with van der Waals surface area (Å²) in [5.74, 6) is -2.77. The summed E-state index contributed by atoms with van der Waals surface area (Å²) in [6.07, 6.45) is 0.494. The highest BCUT2D eigenvalue weighted by molar-refractivity contribution is 5.75. The third-order valence-electron chi connectivity index (χ3n) is 3.42. The first kappa shape index (κ1) is 16.2. The van der Waals surface area contributed by atoms with Crippen LogP contribution >= 0.6 is 0 Å². The number of carboxylic acid groups (broad SMARTS) is 1. The van der Waals surface area contributed by atoms with E-state index < -0.39 is 35.3 Å². The minimum absolute atomic E-state index is 0.0496. The number of amides is 1. The van der Waals surface area contributed by atoms with Gasteiger partial charge in [0.1, 0.15) is 11.4 Å². The maximum Gasteiger partial charge on any atom is 0.410 e. The van der Waals surface area contributed by atoms with Gasteiger partial charge in [-0.2, -0.15) is 0 Å². The SMILES string of the molecule is CC(C)(C)OC(=O)N1C[C@@H](C(=O)O)[C@H](c2ccc(F)cn2)C1. The highest BCUT2D eigenvalue weighted by atomic mass is 19.1. The molecule has 2 heterocycles. The van der Waals surface area contributed by atoms with Crippen molar-refractivity contribution in [3.8, 4) is 0 Å². The monoisotopic (exact) mass is 310 g/mol. The van der Waals surface area contributed by atoms with E-state index in [1.54, 1.807) is 20.8 Å². The van der Waals surface area contributed by atoms with Crippen LogP contribution in [0.25, 0.3) is 0 Å². The molecule has 0 aromatic carbocycles. The lowest BCUT2D eigenvalue weighted by Crippen LogP contribution is -2.35. The number of carbonyl (C=O) groups excluding carboxylic acids is 1. The van der Waals surface area contributed by atoms with Crippen LogP contribution in [0.5, 0.6) is 0 Å². The number of aromatic nitrogens is 1. The molecule has 1 aliphatic heterocycles. The number of aliphatic carboxylic acids is 1. The zero-order valence-electron chi connectivity index (χ0n) is 12.7. The van der Waals surface area contributed by atoms with E-state index in [1.807, 2.05) is 0 Å². The van der Waals surface area contributed by atoms with E-state index in [2.05, 4.69) is 4.98 Å². The van der Waals surface area contributed by atoms with Gasteiger partial charge in [-0.3, -0.25) is 9.78 Å². The summed E-state index contributed by atoms with van der Waals surface area (Å²) in [6, 6.07) is 2.69. The maximum absolute atomic E-state index is 13.0. The smallest absolute Gasteiger partial charge is 0.410 e. The summed E-state index contributed by atoms with van der Waals surface area (Å²) in [7, 11) is 0. The fourth-order valence-electron chi connectivity index (χ4n) is 2.44. The number of pyridine rings is 1. The Morgan fingerprint density at radius 2 is 2.05 bits per heavy atom. The van der Waals surface area contributed by atoms with E-state index in [-0.39, 0.29) is 13.1 Å². The molecule has 22 heavy (non-hydrogen) atoms. The van der Waals surface area contributed by atoms with Gasteiger partial charge in [0.15, 0.2) is 0 Å². The van der Waals surface area contributed by atoms with Gasteiger partial charge in [-0.05, 0) is 32.9 Å². The Morgan fingerprint density at radius 3 is 2.55 bits per heavy atom. The molecule has 2 atom stereocenters. The molecule has 0 bridgehead atoms. The van der Waals surface area contributed by atoms with Crippen molar-refractivity contribution in [2.24, 2.45) is 5.92 Å². The lowest BCUT2D eigenvalue weighted by atomic mass is 9.92. The average molecular weight is 310 g/mol. The van der Waals surface area contributed by atoms with Gasteiger partial charge in [-0.1, -0.05) is 0 Å². The van der Waals surface area contributed by atoms with Gasteiger partial charge in [0.25, 0.3) is 0 Å². The predicted octanol–water partition coefficient (Wildman–Crippen LogP) is 2.26. The fourth-order valence-corrected chi connectivity index (χ4v) is 2.44. The highest BCUT2D eigenvalue weighted by Gasteiger charge is 2.42. The topological polar surface area (TPSA) is 79.7 Å². The van der Waals surface area contributed by atoms with Crippen molar-refractivity contribution in [3.05, 3.63) is 29.8 Å². The van der Waals surface area contributed by atoms with Crippen LogP contribution in [-0.4, -0.2) is 45.7 Å². The van der Waals surface area contributed by atoms with Crippen molar-refractivity contribution in [2.75, 3.05) is 13.1 Å². The standard InChI is InChI=1S/C15H19FN2O4/c1-15(2,3)22-14(21)18-7-10(11(8-18)13(19)20)12-5-4-9(16)6-17-12/h4-6,10-11H,7-8H2,1-3H3,(H,19,20)/t10-,11-/m1/s1. The molecule has 0 spiro atoms. The molecule has 1 saturated heterocycles. The number of halogens is 1. The van der Waals surface area contributed by atoms with Gasteiger partial charge in [-0.25, -0.2) is 9.18 Å². The van der Waals surface area contributed by atoms with Crippen LogP contribution in [0.15, 0.2) is 18.3 Å². The Kier molecular flexibility index (Phi) is 4.35. The first-order valence-corrected chi connectivity index (χ1v) is 6.99. The van der Waals surface area contributed by atoms with Crippen molar-refractivity contribution < 1.29 is 23.8 Å². The third-order valence-corrected chi connectivity index (χ3v) is 3.42. The molecule has 0 unspecified atom stereocenters. The molecule has 2 rings (SSSR count). The molecule has 1 aromatic heterocycles. The lowest BCUT2D eigenvalue weighted by molar-refractivity contribution is -0.141. The van der Waals surface area contributed by atoms with Crippen molar-refractivity contribution >= 4 is 12.1 Å². The Balaban J connectivity index is 2.18. The number of nitrogens with zero attached hydrogens (tertiary/aromatic N) is 2. The van der Waals surface area contributed by atoms with Crippen molar-refractivity contribution in [1.82, 2.24) is 9.88 Å². The lowest BCUT2D eigenvalue weighted by Gasteiger charge is -2.24. The van der Waals surface area contributed by atoms with Gasteiger partial charge in [0, 0.05) is 24.7 Å². The minimum Gasteiger partial charge on any atom is -0.481 e. The summed E-state index contributed by atoms with van der Waals surface area (Å²) < 4.78 is 18.2. The number of carbonyl (C=O) groups is 2. The van der Waals surface area contributed by atoms with E-state index >= 15 is 0 Å². The van der Waals surface area contributed by atoms with Gasteiger partial charge in [-0.15, -0.1) is 0 Å². The molecule has 7 heteroatoms. The molecular weight excluding hydrogens is 291 g/mol. The molecule has 0 saturated carbocycles. The first-order chi connectivity index (χ1) is 10.2. The van der Waals surface area contributed by atoms with Gasteiger partial charge in [0.05, 0.1) is 12.1 Å². The molecular formula is C15H19FN2O4. The molecule has 0 radical (unpaired) electrons. The molecule has 0 aliphatic carbocycles. The molecule has 1 aromatic rings. The minimum atomic E-state index is -1.01. The molecule has 6 nitrogen and oxygen atoms in total. The Bertz CT molecular complexity index is 568. The Labute approximate surface area is 127 Å². The molecule has 1 N–H and O–H groups in total. The number of hydrogen-bond donors (Lipinski definition) is 1. The van der Waals surface area contributed by atoms with Gasteiger partial charge < -0.3 is 14.7 Å². The normalized spacial score (nSPS) is 21.7. The van der Waals surface area contributed by atoms with Crippen LogP contribution < -0.4 is 0 Å². The van der Waals surface area contributed by atoms with E-state index in [4.69, 9.17) is 4.74 Å². The second kappa shape index (κ2) is 5.90. The van der Waals surface area contributed by atoms with Crippen LogP contribution in [0.4, 0.5) is 9.18 Å². The predicted molar refractivity (Wildman–Crippen MR) is 75.9 cm³/mol. The summed E-state index contributed by atoms with van der Waals surface area (Å²) in [4.78, 5) is 28.8. The molecule has 1 aliphatic rings. The van der Waals surface area contributed by atoms with E-state index in [9.17, 15) is 19.1 Å².